The molecule has 170 valence electrons. The number of furan rings is 1. The number of nitrogens with one attached hydrogen (secondary N) is 1. The monoisotopic (exact) mass is 441 g/mol. The van der Waals surface area contributed by atoms with E-state index in [4.69, 9.17) is 4.42 Å². The van der Waals surface area contributed by atoms with E-state index in [9.17, 15) is 4.79 Å². The standard InChI is InChI=1S/C28H31N3O2/c1-18-4-6-20(3)24(12-18)17-31-10-8-21(9-11-31)16-29-27(32)26-15-23-14-22-7-5-19(2)13-25(22)30-28(23)33-26/h4-7,12-15,21H,8-11,16-17H2,1-3H3,(H,29,32). The van der Waals surface area contributed by atoms with Crippen LogP contribution in [0.4, 0.5) is 0 Å². The SMILES string of the molecule is Cc1ccc(C)c(CN2CCC(CNC(=O)c3cc4cc5ccc(C)cc5nc4o3)CC2)c1. The lowest BCUT2D eigenvalue weighted by Gasteiger charge is -2.32. The van der Waals surface area contributed by atoms with E-state index in [0.717, 1.165) is 54.3 Å². The smallest absolute Gasteiger partial charge is 0.287 e. The number of rotatable bonds is 5. The van der Waals surface area contributed by atoms with Gasteiger partial charge in [0, 0.05) is 23.9 Å². The van der Waals surface area contributed by atoms with Gasteiger partial charge in [-0.2, -0.15) is 0 Å². The molecule has 33 heavy (non-hydrogen) atoms. The van der Waals surface area contributed by atoms with Gasteiger partial charge >= 0.3 is 0 Å². The van der Waals surface area contributed by atoms with Gasteiger partial charge in [-0.3, -0.25) is 9.69 Å². The average molecular weight is 442 g/mol. The minimum Gasteiger partial charge on any atom is -0.433 e. The summed E-state index contributed by atoms with van der Waals surface area (Å²) in [6.07, 6.45) is 2.19. The second-order valence-electron chi connectivity index (χ2n) is 9.55. The predicted molar refractivity (Wildman–Crippen MR) is 133 cm³/mol. The number of likely N-dealkylation sites (tertiary alicyclic amines) is 1. The highest BCUT2D eigenvalue weighted by Gasteiger charge is 2.21. The first-order chi connectivity index (χ1) is 15.9. The predicted octanol–water partition coefficient (Wildman–Crippen LogP) is 5.55. The number of amides is 1. The zero-order valence-corrected chi connectivity index (χ0v) is 19.6. The van der Waals surface area contributed by atoms with Crippen molar-refractivity contribution in [1.82, 2.24) is 15.2 Å². The molecule has 0 atom stereocenters. The molecule has 0 aliphatic carbocycles. The van der Waals surface area contributed by atoms with Crippen molar-refractivity contribution in [3.8, 4) is 0 Å². The van der Waals surface area contributed by atoms with Gasteiger partial charge in [0.25, 0.3) is 5.91 Å². The molecule has 5 rings (SSSR count). The highest BCUT2D eigenvalue weighted by atomic mass is 16.4. The van der Waals surface area contributed by atoms with E-state index in [1.165, 1.54) is 16.7 Å². The molecule has 0 unspecified atom stereocenters. The summed E-state index contributed by atoms with van der Waals surface area (Å²) in [5, 5.41) is 4.99. The van der Waals surface area contributed by atoms with Crippen LogP contribution in [0.15, 0.2) is 52.9 Å². The highest BCUT2D eigenvalue weighted by Crippen LogP contribution is 2.24. The Morgan fingerprint density at radius 3 is 2.58 bits per heavy atom. The summed E-state index contributed by atoms with van der Waals surface area (Å²) in [5.41, 5.74) is 6.65. The molecule has 2 aromatic carbocycles. The number of hydrogen-bond donors (Lipinski definition) is 1. The van der Waals surface area contributed by atoms with E-state index in [1.807, 2.05) is 19.1 Å². The molecule has 5 nitrogen and oxygen atoms in total. The number of pyridine rings is 1. The van der Waals surface area contributed by atoms with E-state index in [1.54, 1.807) is 6.07 Å². The molecule has 1 fully saturated rings. The first kappa shape index (κ1) is 21.7. The van der Waals surface area contributed by atoms with E-state index in [2.05, 4.69) is 59.4 Å². The zero-order valence-electron chi connectivity index (χ0n) is 19.6. The Labute approximate surface area is 194 Å². The molecule has 0 saturated carbocycles. The third-order valence-electron chi connectivity index (χ3n) is 6.84. The minimum atomic E-state index is -0.161. The molecule has 1 saturated heterocycles. The average Bonchev–Trinajstić information content (AvgIpc) is 3.22. The van der Waals surface area contributed by atoms with Gasteiger partial charge in [0.1, 0.15) is 0 Å². The number of hydrogen-bond acceptors (Lipinski definition) is 4. The summed E-state index contributed by atoms with van der Waals surface area (Å²) in [6.45, 7) is 10.2. The first-order valence-electron chi connectivity index (χ1n) is 11.8. The van der Waals surface area contributed by atoms with Gasteiger partial charge in [0.15, 0.2) is 5.76 Å². The van der Waals surface area contributed by atoms with Gasteiger partial charge in [0.05, 0.1) is 5.52 Å². The fraction of sp³-hybridized carbons (Fsp3) is 0.357. The van der Waals surface area contributed by atoms with E-state index in [-0.39, 0.29) is 5.91 Å². The largest absolute Gasteiger partial charge is 0.433 e. The minimum absolute atomic E-state index is 0.161. The lowest BCUT2D eigenvalue weighted by molar-refractivity contribution is 0.0909. The number of benzene rings is 2. The van der Waals surface area contributed by atoms with Crippen LogP contribution in [0.25, 0.3) is 22.0 Å². The molecule has 5 heteroatoms. The molecule has 4 aromatic rings. The van der Waals surface area contributed by atoms with Gasteiger partial charge in [0.2, 0.25) is 5.71 Å². The van der Waals surface area contributed by atoms with Gasteiger partial charge in [-0.15, -0.1) is 0 Å². The molecule has 0 bridgehead atoms. The summed E-state index contributed by atoms with van der Waals surface area (Å²) in [5.74, 6) is 0.666. The van der Waals surface area contributed by atoms with Crippen molar-refractivity contribution < 1.29 is 9.21 Å². The number of carbonyl (C=O) groups is 1. The molecule has 3 heterocycles. The molecule has 0 spiro atoms. The van der Waals surface area contributed by atoms with Crippen LogP contribution >= 0.6 is 0 Å². The maximum absolute atomic E-state index is 12.7. The van der Waals surface area contributed by atoms with Crippen LogP contribution in [0.3, 0.4) is 0 Å². The van der Waals surface area contributed by atoms with Crippen molar-refractivity contribution in [3.63, 3.8) is 0 Å². The van der Waals surface area contributed by atoms with Crippen LogP contribution in [0.2, 0.25) is 0 Å². The van der Waals surface area contributed by atoms with Gasteiger partial charge in [-0.05, 0) is 87.5 Å². The van der Waals surface area contributed by atoms with Crippen LogP contribution in [0.1, 0.15) is 45.7 Å². The van der Waals surface area contributed by atoms with Crippen molar-refractivity contribution in [1.29, 1.82) is 0 Å². The normalized spacial score (nSPS) is 15.4. The Balaban J connectivity index is 1.16. The van der Waals surface area contributed by atoms with E-state index >= 15 is 0 Å². The number of fused-ring (bicyclic) bond motifs is 2. The molecule has 0 radical (unpaired) electrons. The maximum Gasteiger partial charge on any atom is 0.287 e. The Morgan fingerprint density at radius 2 is 1.76 bits per heavy atom. The molecule has 1 N–H and O–H groups in total. The molecular formula is C28H31N3O2. The van der Waals surface area contributed by atoms with Crippen LogP contribution in [-0.4, -0.2) is 35.4 Å². The van der Waals surface area contributed by atoms with Crippen molar-refractivity contribution in [2.45, 2.75) is 40.2 Å². The number of piperidine rings is 1. The van der Waals surface area contributed by atoms with Gasteiger partial charge < -0.3 is 9.73 Å². The molecule has 1 amide bonds. The Bertz CT molecular complexity index is 1320. The second kappa shape index (κ2) is 8.99. The quantitative estimate of drug-likeness (QED) is 0.441. The fourth-order valence-electron chi connectivity index (χ4n) is 4.73. The number of aryl methyl sites for hydroxylation is 3. The summed E-state index contributed by atoms with van der Waals surface area (Å²) in [7, 11) is 0. The van der Waals surface area contributed by atoms with Gasteiger partial charge in [-0.1, -0.05) is 35.9 Å². The number of carbonyl (C=O) groups excluding carboxylic acids is 1. The molecular weight excluding hydrogens is 410 g/mol. The molecule has 1 aliphatic rings. The van der Waals surface area contributed by atoms with Crippen LogP contribution < -0.4 is 5.32 Å². The third-order valence-corrected chi connectivity index (χ3v) is 6.84. The van der Waals surface area contributed by atoms with Gasteiger partial charge in [-0.25, -0.2) is 4.98 Å². The fourth-order valence-corrected chi connectivity index (χ4v) is 4.73. The van der Waals surface area contributed by atoms with Crippen molar-refractivity contribution in [2.24, 2.45) is 5.92 Å². The van der Waals surface area contributed by atoms with Crippen molar-refractivity contribution in [2.75, 3.05) is 19.6 Å². The van der Waals surface area contributed by atoms with E-state index < -0.39 is 0 Å². The Hall–Kier alpha value is -3.18. The summed E-state index contributed by atoms with van der Waals surface area (Å²) in [6, 6.07) is 16.7. The molecule has 2 aromatic heterocycles. The maximum atomic E-state index is 12.7. The summed E-state index contributed by atoms with van der Waals surface area (Å²) < 4.78 is 5.79. The Morgan fingerprint density at radius 1 is 1.00 bits per heavy atom. The molecule has 1 aliphatic heterocycles. The van der Waals surface area contributed by atoms with E-state index in [0.29, 0.717) is 23.9 Å². The Kier molecular flexibility index (Phi) is 5.90. The zero-order chi connectivity index (χ0) is 22.9. The first-order valence-corrected chi connectivity index (χ1v) is 11.8. The topological polar surface area (TPSA) is 58.4 Å². The van der Waals surface area contributed by atoms with Crippen LogP contribution in [0, 0.1) is 26.7 Å². The third kappa shape index (κ3) is 4.79. The number of aromatic nitrogens is 1. The van der Waals surface area contributed by atoms with Crippen molar-refractivity contribution >= 4 is 27.9 Å². The second-order valence-corrected chi connectivity index (χ2v) is 9.55. The summed E-state index contributed by atoms with van der Waals surface area (Å²) >= 11 is 0. The van der Waals surface area contributed by atoms with Crippen molar-refractivity contribution in [3.05, 3.63) is 76.5 Å². The number of nitrogens with zero attached hydrogens (tertiary/aromatic N) is 2. The summed E-state index contributed by atoms with van der Waals surface area (Å²) in [4.78, 5) is 19.9. The van der Waals surface area contributed by atoms with Crippen LogP contribution in [-0.2, 0) is 6.54 Å². The van der Waals surface area contributed by atoms with Crippen LogP contribution in [0.5, 0.6) is 0 Å². The lowest BCUT2D eigenvalue weighted by Crippen LogP contribution is -2.38. The highest BCUT2D eigenvalue weighted by molar-refractivity contribution is 5.98. The lowest BCUT2D eigenvalue weighted by atomic mass is 9.95.